The van der Waals surface area contributed by atoms with Crippen molar-refractivity contribution in [3.8, 4) is 0 Å². The predicted octanol–water partition coefficient (Wildman–Crippen LogP) is 2.15. The Kier molecular flexibility index (Phi) is 8.44. The van der Waals surface area contributed by atoms with Gasteiger partial charge in [-0.3, -0.25) is 19.2 Å². The molecule has 0 aromatic heterocycles. The van der Waals surface area contributed by atoms with Crippen molar-refractivity contribution in [2.45, 2.75) is 60.3 Å². The van der Waals surface area contributed by atoms with E-state index in [1.165, 1.54) is 20.8 Å². The van der Waals surface area contributed by atoms with Gasteiger partial charge < -0.3 is 15.3 Å². The maximum atomic E-state index is 12.2. The standard InChI is InChI=1S/C18H30O7/c1-6-12(15(22)23)8-18(5,11(2)20)9-13(14(21)10-19)7-17(3,4)16(24)25/h12-13,19H,6-10H2,1-5H3,(H,22,23)(H,24,25). The summed E-state index contributed by atoms with van der Waals surface area (Å²) in [5.41, 5.74) is -2.28. The van der Waals surface area contributed by atoms with Crippen LogP contribution in [0.3, 0.4) is 0 Å². The minimum Gasteiger partial charge on any atom is -0.481 e. The lowest BCUT2D eigenvalue weighted by Gasteiger charge is -2.34. The average Bonchev–Trinajstić information content (AvgIpc) is 2.50. The van der Waals surface area contributed by atoms with Crippen LogP contribution < -0.4 is 0 Å². The molecule has 0 heterocycles. The quantitative estimate of drug-likeness (QED) is 0.487. The molecular formula is C18H30O7. The molecule has 0 aromatic carbocycles. The average molecular weight is 358 g/mol. The summed E-state index contributed by atoms with van der Waals surface area (Å²) < 4.78 is 0. The minimum atomic E-state index is -1.20. The highest BCUT2D eigenvalue weighted by Gasteiger charge is 2.41. The van der Waals surface area contributed by atoms with Crippen LogP contribution >= 0.6 is 0 Å². The second-order valence-electron chi connectivity index (χ2n) is 7.68. The van der Waals surface area contributed by atoms with Crippen molar-refractivity contribution < 1.29 is 34.5 Å². The third-order valence-electron chi connectivity index (χ3n) is 5.03. The third-order valence-corrected chi connectivity index (χ3v) is 5.03. The van der Waals surface area contributed by atoms with Gasteiger partial charge in [-0.05, 0) is 46.5 Å². The van der Waals surface area contributed by atoms with Gasteiger partial charge in [0.05, 0.1) is 11.3 Å². The molecule has 0 aliphatic rings. The number of carboxylic acid groups (broad SMARTS) is 2. The Balaban J connectivity index is 5.63. The maximum absolute atomic E-state index is 12.2. The van der Waals surface area contributed by atoms with Gasteiger partial charge in [0.15, 0.2) is 5.78 Å². The highest BCUT2D eigenvalue weighted by molar-refractivity contribution is 5.86. The highest BCUT2D eigenvalue weighted by Crippen LogP contribution is 2.39. The van der Waals surface area contributed by atoms with E-state index in [1.54, 1.807) is 13.8 Å². The van der Waals surface area contributed by atoms with E-state index in [9.17, 15) is 34.5 Å². The number of Topliss-reactive ketones (excluding diaryl/α,β-unsaturated/α-hetero) is 2. The van der Waals surface area contributed by atoms with Crippen LogP contribution in [0.4, 0.5) is 0 Å². The van der Waals surface area contributed by atoms with Gasteiger partial charge in [-0.2, -0.15) is 0 Å². The Hall–Kier alpha value is -1.76. The number of aliphatic hydroxyl groups excluding tert-OH is 1. The molecule has 0 radical (unpaired) electrons. The molecule has 144 valence electrons. The van der Waals surface area contributed by atoms with E-state index in [-0.39, 0.29) is 25.0 Å². The summed E-state index contributed by atoms with van der Waals surface area (Å²) in [4.78, 5) is 47.0. The molecule has 0 saturated heterocycles. The van der Waals surface area contributed by atoms with Crippen LogP contribution in [0.1, 0.15) is 60.3 Å². The largest absolute Gasteiger partial charge is 0.481 e. The number of ketones is 2. The molecule has 0 amide bonds. The monoisotopic (exact) mass is 358 g/mol. The number of aliphatic carboxylic acids is 2. The van der Waals surface area contributed by atoms with Crippen molar-refractivity contribution in [3.05, 3.63) is 0 Å². The molecule has 3 atom stereocenters. The summed E-state index contributed by atoms with van der Waals surface area (Å²) in [6.45, 7) is 6.87. The van der Waals surface area contributed by atoms with Gasteiger partial charge >= 0.3 is 11.9 Å². The van der Waals surface area contributed by atoms with Gasteiger partial charge in [0, 0.05) is 11.3 Å². The normalized spacial score (nSPS) is 16.6. The Morgan fingerprint density at radius 2 is 1.40 bits per heavy atom. The molecule has 0 rings (SSSR count). The molecule has 7 heteroatoms. The smallest absolute Gasteiger partial charge is 0.309 e. The molecule has 0 aliphatic heterocycles. The summed E-state index contributed by atoms with van der Waals surface area (Å²) in [5, 5.41) is 27.8. The first-order valence-electron chi connectivity index (χ1n) is 8.41. The predicted molar refractivity (Wildman–Crippen MR) is 91.1 cm³/mol. The van der Waals surface area contributed by atoms with Crippen molar-refractivity contribution in [1.29, 1.82) is 0 Å². The number of hydrogen-bond donors (Lipinski definition) is 3. The second kappa shape index (κ2) is 9.08. The van der Waals surface area contributed by atoms with Crippen LogP contribution in [0.15, 0.2) is 0 Å². The molecule has 7 nitrogen and oxygen atoms in total. The van der Waals surface area contributed by atoms with Gasteiger partial charge in [-0.25, -0.2) is 0 Å². The molecule has 0 aromatic rings. The topological polar surface area (TPSA) is 129 Å². The number of carboxylic acids is 2. The van der Waals surface area contributed by atoms with Gasteiger partial charge in [0.2, 0.25) is 0 Å². The zero-order chi connectivity index (χ0) is 20.0. The van der Waals surface area contributed by atoms with Crippen LogP contribution in [0.2, 0.25) is 0 Å². The molecule has 0 bridgehead atoms. The lowest BCUT2D eigenvalue weighted by molar-refractivity contribution is -0.148. The fourth-order valence-corrected chi connectivity index (χ4v) is 3.00. The first-order valence-corrected chi connectivity index (χ1v) is 8.41. The Bertz CT molecular complexity index is 524. The number of hydrogen-bond acceptors (Lipinski definition) is 5. The summed E-state index contributed by atoms with van der Waals surface area (Å²) in [5.74, 6) is -4.44. The number of carbonyl (C=O) groups excluding carboxylic acids is 2. The first-order chi connectivity index (χ1) is 11.3. The molecule has 0 aliphatic carbocycles. The fraction of sp³-hybridized carbons (Fsp3) is 0.778. The van der Waals surface area contributed by atoms with Crippen molar-refractivity contribution in [2.75, 3.05) is 6.61 Å². The Morgan fingerprint density at radius 1 is 0.920 bits per heavy atom. The highest BCUT2D eigenvalue weighted by atomic mass is 16.4. The maximum Gasteiger partial charge on any atom is 0.309 e. The van der Waals surface area contributed by atoms with E-state index in [0.717, 1.165) is 0 Å². The van der Waals surface area contributed by atoms with E-state index in [4.69, 9.17) is 0 Å². The summed E-state index contributed by atoms with van der Waals surface area (Å²) in [7, 11) is 0. The zero-order valence-corrected chi connectivity index (χ0v) is 15.7. The van der Waals surface area contributed by atoms with Crippen molar-refractivity contribution >= 4 is 23.5 Å². The summed E-state index contributed by atoms with van der Waals surface area (Å²) in [6, 6.07) is 0. The fourth-order valence-electron chi connectivity index (χ4n) is 3.00. The molecule has 0 fully saturated rings. The van der Waals surface area contributed by atoms with Gasteiger partial charge in [0.1, 0.15) is 12.4 Å². The van der Waals surface area contributed by atoms with Gasteiger partial charge in [-0.15, -0.1) is 0 Å². The molecular weight excluding hydrogens is 328 g/mol. The van der Waals surface area contributed by atoms with Crippen LogP contribution in [0.25, 0.3) is 0 Å². The summed E-state index contributed by atoms with van der Waals surface area (Å²) in [6.07, 6.45) is 0.394. The Morgan fingerprint density at radius 3 is 1.72 bits per heavy atom. The molecule has 3 unspecified atom stereocenters. The van der Waals surface area contributed by atoms with Crippen molar-refractivity contribution in [2.24, 2.45) is 22.7 Å². The molecule has 0 saturated carbocycles. The third kappa shape index (κ3) is 6.57. The minimum absolute atomic E-state index is 0.0161. The van der Waals surface area contributed by atoms with Crippen LogP contribution in [-0.4, -0.2) is 45.4 Å². The van der Waals surface area contributed by atoms with Crippen molar-refractivity contribution in [3.63, 3.8) is 0 Å². The van der Waals surface area contributed by atoms with E-state index in [1.807, 2.05) is 0 Å². The van der Waals surface area contributed by atoms with E-state index in [2.05, 4.69) is 0 Å². The van der Waals surface area contributed by atoms with E-state index >= 15 is 0 Å². The van der Waals surface area contributed by atoms with E-state index in [0.29, 0.717) is 6.42 Å². The first kappa shape index (κ1) is 23.2. The van der Waals surface area contributed by atoms with E-state index < -0.39 is 47.0 Å². The van der Waals surface area contributed by atoms with Gasteiger partial charge in [0.25, 0.3) is 0 Å². The number of rotatable bonds is 12. The SMILES string of the molecule is CCC(CC(C)(CC(CC(C)(C)C(=O)O)C(=O)CO)C(C)=O)C(=O)O. The molecule has 25 heavy (non-hydrogen) atoms. The summed E-state index contributed by atoms with van der Waals surface area (Å²) >= 11 is 0. The second-order valence-corrected chi connectivity index (χ2v) is 7.68. The Labute approximate surface area is 148 Å². The van der Waals surface area contributed by atoms with Crippen LogP contribution in [-0.2, 0) is 19.2 Å². The lowest BCUT2D eigenvalue weighted by Crippen LogP contribution is -2.38. The molecule has 0 spiro atoms. The number of aliphatic hydroxyl groups is 1. The van der Waals surface area contributed by atoms with Crippen molar-refractivity contribution in [1.82, 2.24) is 0 Å². The molecule has 3 N–H and O–H groups in total. The lowest BCUT2D eigenvalue weighted by atomic mass is 9.68. The van der Waals surface area contributed by atoms with Crippen LogP contribution in [0.5, 0.6) is 0 Å². The number of carbonyl (C=O) groups is 4. The van der Waals surface area contributed by atoms with Gasteiger partial charge in [-0.1, -0.05) is 13.8 Å². The zero-order valence-electron chi connectivity index (χ0n) is 15.7. The van der Waals surface area contributed by atoms with Crippen LogP contribution in [0, 0.1) is 22.7 Å².